The molecule has 0 aliphatic heterocycles. The van der Waals surface area contributed by atoms with Crippen molar-refractivity contribution in [1.29, 1.82) is 0 Å². The van der Waals surface area contributed by atoms with Gasteiger partial charge in [0.2, 0.25) is 0 Å². The number of nitrogens with two attached hydrogens (primary N) is 1. The lowest BCUT2D eigenvalue weighted by atomic mass is 10.2. The van der Waals surface area contributed by atoms with Gasteiger partial charge in [-0.3, -0.25) is 4.98 Å². The Hall–Kier alpha value is -2.10. The van der Waals surface area contributed by atoms with Gasteiger partial charge in [-0.05, 0) is 24.6 Å². The van der Waals surface area contributed by atoms with Crippen molar-refractivity contribution in [3.8, 4) is 5.75 Å². The van der Waals surface area contributed by atoms with Gasteiger partial charge in [-0.2, -0.15) is 0 Å². The number of hydrogen-bond donors (Lipinski definition) is 1. The SMILES string of the molecule is Cc1cc(OCc2cccnc2)c(F)cc1N. The maximum absolute atomic E-state index is 13.5. The number of ether oxygens (including phenoxy) is 1. The Morgan fingerprint density at radius 2 is 2.24 bits per heavy atom. The van der Waals surface area contributed by atoms with Crippen LogP contribution in [0.5, 0.6) is 5.75 Å². The number of aryl methyl sites for hydroxylation is 1. The van der Waals surface area contributed by atoms with Gasteiger partial charge in [-0.1, -0.05) is 6.07 Å². The molecule has 1 aromatic heterocycles. The van der Waals surface area contributed by atoms with Gasteiger partial charge in [-0.25, -0.2) is 4.39 Å². The van der Waals surface area contributed by atoms with Crippen molar-refractivity contribution >= 4 is 5.69 Å². The zero-order valence-electron chi connectivity index (χ0n) is 9.48. The summed E-state index contributed by atoms with van der Waals surface area (Å²) in [5, 5.41) is 0. The van der Waals surface area contributed by atoms with Crippen molar-refractivity contribution in [3.05, 3.63) is 53.6 Å². The molecule has 2 N–H and O–H groups in total. The van der Waals surface area contributed by atoms with Crippen molar-refractivity contribution in [3.63, 3.8) is 0 Å². The Bertz CT molecular complexity index is 514. The molecule has 88 valence electrons. The predicted molar refractivity (Wildman–Crippen MR) is 64.1 cm³/mol. The summed E-state index contributed by atoms with van der Waals surface area (Å²) in [5.74, 6) is -0.238. The molecule has 0 saturated carbocycles. The summed E-state index contributed by atoms with van der Waals surface area (Å²) >= 11 is 0. The number of hydrogen-bond acceptors (Lipinski definition) is 3. The molecule has 0 amide bonds. The number of pyridine rings is 1. The lowest BCUT2D eigenvalue weighted by Crippen LogP contribution is -2.00. The third kappa shape index (κ3) is 2.72. The average molecular weight is 232 g/mol. The normalized spacial score (nSPS) is 10.2. The minimum absolute atomic E-state index is 0.209. The van der Waals surface area contributed by atoms with E-state index in [0.29, 0.717) is 5.69 Å². The molecule has 0 radical (unpaired) electrons. The van der Waals surface area contributed by atoms with Crippen LogP contribution in [-0.4, -0.2) is 4.98 Å². The first-order valence-electron chi connectivity index (χ1n) is 5.24. The number of anilines is 1. The highest BCUT2D eigenvalue weighted by Crippen LogP contribution is 2.24. The van der Waals surface area contributed by atoms with E-state index in [2.05, 4.69) is 4.98 Å². The first-order chi connectivity index (χ1) is 8.16. The van der Waals surface area contributed by atoms with Gasteiger partial charge >= 0.3 is 0 Å². The van der Waals surface area contributed by atoms with Gasteiger partial charge in [-0.15, -0.1) is 0 Å². The van der Waals surface area contributed by atoms with Crippen molar-refractivity contribution < 1.29 is 9.13 Å². The lowest BCUT2D eigenvalue weighted by Gasteiger charge is -2.09. The molecule has 1 heterocycles. The highest BCUT2D eigenvalue weighted by Gasteiger charge is 2.06. The summed E-state index contributed by atoms with van der Waals surface area (Å²) in [5.41, 5.74) is 7.71. The highest BCUT2D eigenvalue weighted by atomic mass is 19.1. The van der Waals surface area contributed by atoms with E-state index >= 15 is 0 Å². The van der Waals surface area contributed by atoms with Crippen LogP contribution in [0.4, 0.5) is 10.1 Å². The minimum atomic E-state index is -0.447. The van der Waals surface area contributed by atoms with E-state index in [0.717, 1.165) is 11.1 Å². The third-order valence-electron chi connectivity index (χ3n) is 2.44. The minimum Gasteiger partial charge on any atom is -0.486 e. The standard InChI is InChI=1S/C13H13FN2O/c1-9-5-13(11(14)6-12(9)15)17-8-10-3-2-4-16-7-10/h2-7H,8,15H2,1H3. The molecule has 17 heavy (non-hydrogen) atoms. The molecule has 0 aliphatic rings. The summed E-state index contributed by atoms with van der Waals surface area (Å²) < 4.78 is 18.9. The largest absolute Gasteiger partial charge is 0.486 e. The summed E-state index contributed by atoms with van der Waals surface area (Å²) in [7, 11) is 0. The van der Waals surface area contributed by atoms with Crippen molar-refractivity contribution in [2.75, 3.05) is 5.73 Å². The Morgan fingerprint density at radius 1 is 1.41 bits per heavy atom. The Balaban J connectivity index is 2.12. The summed E-state index contributed by atoms with van der Waals surface area (Å²) in [6, 6.07) is 6.55. The molecule has 2 rings (SSSR count). The van der Waals surface area contributed by atoms with Crippen molar-refractivity contribution in [2.45, 2.75) is 13.5 Å². The van der Waals surface area contributed by atoms with Gasteiger partial charge in [0.25, 0.3) is 0 Å². The molecule has 2 aromatic rings. The lowest BCUT2D eigenvalue weighted by molar-refractivity contribution is 0.290. The van der Waals surface area contributed by atoms with E-state index in [1.165, 1.54) is 6.07 Å². The fourth-order valence-corrected chi connectivity index (χ4v) is 1.43. The monoisotopic (exact) mass is 232 g/mol. The summed E-state index contributed by atoms with van der Waals surface area (Å²) in [4.78, 5) is 3.96. The van der Waals surface area contributed by atoms with Crippen LogP contribution in [0.15, 0.2) is 36.7 Å². The molecular weight excluding hydrogens is 219 g/mol. The molecule has 0 unspecified atom stereocenters. The molecule has 0 saturated heterocycles. The summed E-state index contributed by atoms with van der Waals surface area (Å²) in [6.07, 6.45) is 3.36. The maximum Gasteiger partial charge on any atom is 0.167 e. The van der Waals surface area contributed by atoms with Crippen LogP contribution in [-0.2, 0) is 6.61 Å². The Kier molecular flexibility index (Phi) is 3.23. The van der Waals surface area contributed by atoms with Crippen LogP contribution in [0.1, 0.15) is 11.1 Å². The molecule has 0 spiro atoms. The summed E-state index contributed by atoms with van der Waals surface area (Å²) in [6.45, 7) is 2.10. The zero-order chi connectivity index (χ0) is 12.3. The number of benzene rings is 1. The van der Waals surface area contributed by atoms with E-state index in [9.17, 15) is 4.39 Å². The number of rotatable bonds is 3. The quantitative estimate of drug-likeness (QED) is 0.828. The van der Waals surface area contributed by atoms with Crippen LogP contribution >= 0.6 is 0 Å². The van der Waals surface area contributed by atoms with Crippen LogP contribution in [0.25, 0.3) is 0 Å². The van der Waals surface area contributed by atoms with Gasteiger partial charge < -0.3 is 10.5 Å². The number of nitrogen functional groups attached to an aromatic ring is 1. The smallest absolute Gasteiger partial charge is 0.167 e. The second-order valence-corrected chi connectivity index (χ2v) is 3.79. The Labute approximate surface area is 99.1 Å². The third-order valence-corrected chi connectivity index (χ3v) is 2.44. The molecular formula is C13H13FN2O. The molecule has 1 aromatic carbocycles. The molecule has 0 aliphatic carbocycles. The van der Waals surface area contributed by atoms with E-state index in [1.807, 2.05) is 19.1 Å². The van der Waals surface area contributed by atoms with Gasteiger partial charge in [0, 0.05) is 29.7 Å². The van der Waals surface area contributed by atoms with Crippen LogP contribution in [0, 0.1) is 12.7 Å². The number of aromatic nitrogens is 1. The fourth-order valence-electron chi connectivity index (χ4n) is 1.43. The fraction of sp³-hybridized carbons (Fsp3) is 0.154. The van der Waals surface area contributed by atoms with Crippen LogP contribution < -0.4 is 10.5 Å². The molecule has 0 fully saturated rings. The van der Waals surface area contributed by atoms with Gasteiger partial charge in [0.1, 0.15) is 6.61 Å². The Morgan fingerprint density at radius 3 is 2.94 bits per heavy atom. The molecule has 0 bridgehead atoms. The predicted octanol–water partition coefficient (Wildman–Crippen LogP) is 2.69. The first-order valence-corrected chi connectivity index (χ1v) is 5.24. The second-order valence-electron chi connectivity index (χ2n) is 3.79. The number of nitrogens with zero attached hydrogens (tertiary/aromatic N) is 1. The van der Waals surface area contributed by atoms with E-state index < -0.39 is 5.82 Å². The zero-order valence-corrected chi connectivity index (χ0v) is 9.48. The molecule has 3 nitrogen and oxygen atoms in total. The van der Waals surface area contributed by atoms with Crippen LogP contribution in [0.2, 0.25) is 0 Å². The first kappa shape index (κ1) is 11.4. The van der Waals surface area contributed by atoms with Gasteiger partial charge in [0.15, 0.2) is 11.6 Å². The van der Waals surface area contributed by atoms with Crippen molar-refractivity contribution in [1.82, 2.24) is 4.98 Å². The topological polar surface area (TPSA) is 48.1 Å². The maximum atomic E-state index is 13.5. The van der Waals surface area contributed by atoms with Crippen molar-refractivity contribution in [2.24, 2.45) is 0 Å². The van der Waals surface area contributed by atoms with E-state index in [4.69, 9.17) is 10.5 Å². The second kappa shape index (κ2) is 4.82. The van der Waals surface area contributed by atoms with Gasteiger partial charge in [0.05, 0.1) is 0 Å². The van der Waals surface area contributed by atoms with E-state index in [-0.39, 0.29) is 12.4 Å². The van der Waals surface area contributed by atoms with Crippen LogP contribution in [0.3, 0.4) is 0 Å². The highest BCUT2D eigenvalue weighted by molar-refractivity contribution is 5.50. The molecule has 4 heteroatoms. The molecule has 0 atom stereocenters. The van der Waals surface area contributed by atoms with E-state index in [1.54, 1.807) is 18.5 Å². The number of halogens is 1. The average Bonchev–Trinajstić information content (AvgIpc) is 2.33.